The van der Waals surface area contributed by atoms with Gasteiger partial charge in [0.2, 0.25) is 0 Å². The maximum atomic E-state index is 11.8. The number of carbonyl (C=O) groups is 1. The lowest BCUT2D eigenvalue weighted by atomic mass is 9.49. The summed E-state index contributed by atoms with van der Waals surface area (Å²) in [6.07, 6.45) is 11.4. The maximum Gasteiger partial charge on any atom is 0.155 e. The van der Waals surface area contributed by atoms with Gasteiger partial charge >= 0.3 is 0 Å². The van der Waals surface area contributed by atoms with Gasteiger partial charge in [0.05, 0.1) is 12.0 Å². The number of allylic oxidation sites excluding steroid dienone is 1. The number of hydrogen-bond donors (Lipinski definition) is 0. The summed E-state index contributed by atoms with van der Waals surface area (Å²) in [5.41, 5.74) is 1.82. The number of hydrogen-bond acceptors (Lipinski definition) is 2. The summed E-state index contributed by atoms with van der Waals surface area (Å²) in [4.78, 5) is 11.8. The van der Waals surface area contributed by atoms with Gasteiger partial charge in [-0.05, 0) is 91.9 Å². The van der Waals surface area contributed by atoms with Crippen LogP contribution in [0.15, 0.2) is 11.6 Å². The van der Waals surface area contributed by atoms with Gasteiger partial charge < -0.3 is 0 Å². The van der Waals surface area contributed by atoms with Gasteiger partial charge in [-0.15, -0.1) is 0 Å². The molecule has 0 aliphatic heterocycles. The number of fused-ring (bicyclic) bond motifs is 7. The van der Waals surface area contributed by atoms with Crippen LogP contribution < -0.4 is 0 Å². The Hall–Kier alpha value is -1.10. The molecule has 0 saturated heterocycles. The van der Waals surface area contributed by atoms with Crippen molar-refractivity contribution in [2.24, 2.45) is 46.8 Å². The molecule has 0 heterocycles. The number of nitriles is 1. The lowest BCUT2D eigenvalue weighted by molar-refractivity contribution is -0.116. The van der Waals surface area contributed by atoms with Crippen molar-refractivity contribution in [3.05, 3.63) is 11.6 Å². The maximum absolute atomic E-state index is 11.8. The van der Waals surface area contributed by atoms with Crippen LogP contribution in [0, 0.1) is 58.2 Å². The highest BCUT2D eigenvalue weighted by molar-refractivity contribution is 5.91. The van der Waals surface area contributed by atoms with E-state index in [1.165, 1.54) is 37.7 Å². The second-order valence-corrected chi connectivity index (χ2v) is 9.02. The van der Waals surface area contributed by atoms with Crippen molar-refractivity contribution in [3.8, 4) is 6.07 Å². The lowest BCUT2D eigenvalue weighted by Crippen LogP contribution is -2.49. The fourth-order valence-electron chi connectivity index (χ4n) is 7.77. The molecule has 0 spiro atoms. The average Bonchev–Trinajstić information content (AvgIpc) is 3.28. The molecule has 0 N–H and O–H groups in total. The third-order valence-electron chi connectivity index (χ3n) is 8.62. The topological polar surface area (TPSA) is 40.9 Å². The van der Waals surface area contributed by atoms with Gasteiger partial charge in [0.1, 0.15) is 0 Å². The van der Waals surface area contributed by atoms with E-state index < -0.39 is 0 Å². The third kappa shape index (κ3) is 1.72. The second kappa shape index (κ2) is 4.71. The van der Waals surface area contributed by atoms with Gasteiger partial charge in [0, 0.05) is 6.42 Å². The third-order valence-corrected chi connectivity index (χ3v) is 8.62. The first-order chi connectivity index (χ1) is 11.2. The minimum absolute atomic E-state index is 0.341. The molecule has 2 heteroatoms. The fraction of sp³-hybridized carbons (Fsp3) is 0.810. The van der Waals surface area contributed by atoms with Crippen molar-refractivity contribution < 1.29 is 4.79 Å². The lowest BCUT2D eigenvalue weighted by Gasteiger charge is -2.55. The van der Waals surface area contributed by atoms with E-state index in [1.54, 1.807) is 0 Å². The minimum Gasteiger partial charge on any atom is -0.295 e. The van der Waals surface area contributed by atoms with Gasteiger partial charge in [-0.1, -0.05) is 12.5 Å². The van der Waals surface area contributed by atoms with Crippen LogP contribution >= 0.6 is 0 Å². The van der Waals surface area contributed by atoms with Crippen molar-refractivity contribution in [2.75, 3.05) is 0 Å². The molecule has 23 heavy (non-hydrogen) atoms. The monoisotopic (exact) mass is 309 g/mol. The van der Waals surface area contributed by atoms with Crippen LogP contribution in [0.25, 0.3) is 0 Å². The Bertz CT molecular complexity index is 628. The van der Waals surface area contributed by atoms with Gasteiger partial charge in [0.25, 0.3) is 0 Å². The van der Waals surface area contributed by atoms with Crippen LogP contribution in [0.4, 0.5) is 0 Å². The molecule has 2 nitrogen and oxygen atoms in total. The molecule has 0 amide bonds. The molecular weight excluding hydrogens is 282 g/mol. The first-order valence-corrected chi connectivity index (χ1v) is 9.82. The Kier molecular flexibility index (Phi) is 2.92. The van der Waals surface area contributed by atoms with Crippen LogP contribution in [-0.4, -0.2) is 5.78 Å². The fourth-order valence-corrected chi connectivity index (χ4v) is 7.77. The van der Waals surface area contributed by atoms with Gasteiger partial charge in [-0.25, -0.2) is 0 Å². The molecule has 4 saturated carbocycles. The van der Waals surface area contributed by atoms with E-state index in [0.717, 1.165) is 48.9 Å². The Morgan fingerprint density at radius 2 is 2.04 bits per heavy atom. The van der Waals surface area contributed by atoms with E-state index in [0.29, 0.717) is 23.0 Å². The summed E-state index contributed by atoms with van der Waals surface area (Å²) < 4.78 is 0. The summed E-state index contributed by atoms with van der Waals surface area (Å²) in [6.45, 7) is 2.34. The quantitative estimate of drug-likeness (QED) is 0.715. The number of carbonyl (C=O) groups excluding carboxylic acids is 1. The van der Waals surface area contributed by atoms with E-state index in [4.69, 9.17) is 0 Å². The Morgan fingerprint density at radius 3 is 2.83 bits per heavy atom. The molecule has 5 aliphatic rings. The van der Waals surface area contributed by atoms with Gasteiger partial charge in [0.15, 0.2) is 5.78 Å². The molecule has 5 aliphatic carbocycles. The first kappa shape index (κ1) is 14.3. The smallest absolute Gasteiger partial charge is 0.155 e. The minimum atomic E-state index is 0.341. The molecule has 0 unspecified atom stereocenters. The predicted octanol–water partition coefficient (Wildman–Crippen LogP) is 4.51. The van der Waals surface area contributed by atoms with E-state index >= 15 is 0 Å². The van der Waals surface area contributed by atoms with Crippen LogP contribution in [-0.2, 0) is 4.79 Å². The molecule has 0 radical (unpaired) electrons. The molecule has 0 aromatic heterocycles. The summed E-state index contributed by atoms with van der Waals surface area (Å²) in [7, 11) is 0. The highest BCUT2D eigenvalue weighted by Gasteiger charge is 2.70. The zero-order chi connectivity index (χ0) is 15.8. The van der Waals surface area contributed by atoms with Crippen LogP contribution in [0.5, 0.6) is 0 Å². The molecule has 8 atom stereocenters. The summed E-state index contributed by atoms with van der Waals surface area (Å²) in [5.74, 6) is 5.46. The highest BCUT2D eigenvalue weighted by atomic mass is 16.1. The van der Waals surface area contributed by atoms with E-state index in [-0.39, 0.29) is 0 Å². The number of rotatable bonds is 1. The molecule has 0 aromatic carbocycles. The normalized spacial score (nSPS) is 53.3. The summed E-state index contributed by atoms with van der Waals surface area (Å²) in [5, 5.41) is 9.81. The summed E-state index contributed by atoms with van der Waals surface area (Å²) >= 11 is 0. The van der Waals surface area contributed by atoms with Crippen LogP contribution in [0.2, 0.25) is 0 Å². The highest BCUT2D eigenvalue weighted by Crippen LogP contribution is 2.75. The van der Waals surface area contributed by atoms with E-state index in [2.05, 4.69) is 13.0 Å². The Balaban J connectivity index is 1.51. The van der Waals surface area contributed by atoms with Crippen molar-refractivity contribution in [1.82, 2.24) is 0 Å². The Labute approximate surface area is 139 Å². The zero-order valence-corrected chi connectivity index (χ0v) is 14.1. The van der Waals surface area contributed by atoms with Crippen molar-refractivity contribution in [3.63, 3.8) is 0 Å². The molecule has 0 aromatic rings. The molecule has 5 rings (SSSR count). The van der Waals surface area contributed by atoms with Crippen molar-refractivity contribution >= 4 is 5.78 Å². The van der Waals surface area contributed by atoms with Crippen LogP contribution in [0.1, 0.15) is 58.3 Å². The second-order valence-electron chi connectivity index (χ2n) is 9.02. The Morgan fingerprint density at radius 1 is 1.17 bits per heavy atom. The predicted molar refractivity (Wildman–Crippen MR) is 88.2 cm³/mol. The number of ketones is 1. The zero-order valence-electron chi connectivity index (χ0n) is 14.1. The first-order valence-electron chi connectivity index (χ1n) is 9.82. The largest absolute Gasteiger partial charge is 0.295 e. The summed E-state index contributed by atoms with van der Waals surface area (Å²) in [6, 6.07) is 2.75. The standard InChI is InChI=1S/C21H27NO/c1-2-21-8-7-15-14-6-4-13(23)9-12(14)3-5-16(15)20(21)18-10-17(18)19(21)11-22/h9,14-20H,2-8,10H2,1H3/t14-,15+,16+,17-,18+,19+,20+,21+/m0/s1. The van der Waals surface area contributed by atoms with Crippen LogP contribution in [0.3, 0.4) is 0 Å². The molecule has 122 valence electrons. The van der Waals surface area contributed by atoms with Crippen molar-refractivity contribution in [1.29, 1.82) is 5.26 Å². The SMILES string of the molecule is CC[C@]12CC[C@H]3[C@@H](CCC4=CC(=O)CC[C@@H]43)[C@@H]1[C@@H]1C[C@@H]1[C@H]2C#N. The number of nitrogens with zero attached hydrogens (tertiary/aromatic N) is 1. The van der Waals surface area contributed by atoms with Gasteiger partial charge in [-0.2, -0.15) is 5.26 Å². The van der Waals surface area contributed by atoms with E-state index in [1.807, 2.05) is 6.08 Å². The average molecular weight is 309 g/mol. The molecule has 0 bridgehead atoms. The van der Waals surface area contributed by atoms with Gasteiger partial charge in [-0.3, -0.25) is 4.79 Å². The van der Waals surface area contributed by atoms with Crippen molar-refractivity contribution in [2.45, 2.75) is 58.3 Å². The molecular formula is C21H27NO. The van der Waals surface area contributed by atoms with E-state index in [9.17, 15) is 10.1 Å². The molecule has 4 fully saturated rings.